The normalized spacial score (nSPS) is 27.2. The lowest BCUT2D eigenvalue weighted by atomic mass is 10.0. The van der Waals surface area contributed by atoms with Crippen molar-refractivity contribution >= 4 is 31.7 Å². The standard InChI is InChI=1S/C22H24BrF3N2O5S/c23-13-1-2-19(17(9-13)22(24,25)26)34(30,31)15-10-16(20(29)28-21(12-27)5-6-21)18(11-15)33-14-3-7-32-8-4-14/h1-2,9,14-16,18H,3-8,10-11H2,(H,28,29)/t15?,16-,18-/m1/s1. The number of carbonyl (C=O) groups is 1. The average molecular weight is 565 g/mol. The van der Waals surface area contributed by atoms with Gasteiger partial charge in [0.1, 0.15) is 5.54 Å². The summed E-state index contributed by atoms with van der Waals surface area (Å²) in [5.41, 5.74) is -2.20. The molecule has 0 aromatic heterocycles. The molecule has 4 rings (SSSR count). The average Bonchev–Trinajstić information content (AvgIpc) is 3.42. The Morgan fingerprint density at radius 2 is 1.91 bits per heavy atom. The first-order valence-electron chi connectivity index (χ1n) is 11.0. The highest BCUT2D eigenvalue weighted by atomic mass is 79.9. The highest BCUT2D eigenvalue weighted by Gasteiger charge is 2.51. The fourth-order valence-corrected chi connectivity index (χ4v) is 6.93. The zero-order valence-corrected chi connectivity index (χ0v) is 20.5. The van der Waals surface area contributed by atoms with E-state index < -0.39 is 55.2 Å². The van der Waals surface area contributed by atoms with E-state index >= 15 is 0 Å². The molecule has 1 aromatic rings. The van der Waals surface area contributed by atoms with Crippen molar-refractivity contribution in [2.24, 2.45) is 5.92 Å². The van der Waals surface area contributed by atoms with Crippen LogP contribution in [0.15, 0.2) is 27.6 Å². The molecular weight excluding hydrogens is 541 g/mol. The Morgan fingerprint density at radius 1 is 1.24 bits per heavy atom. The number of hydrogen-bond acceptors (Lipinski definition) is 6. The van der Waals surface area contributed by atoms with Crippen LogP contribution in [0.1, 0.15) is 44.1 Å². The summed E-state index contributed by atoms with van der Waals surface area (Å²) < 4.78 is 79.3. The molecule has 3 aliphatic rings. The summed E-state index contributed by atoms with van der Waals surface area (Å²) in [5, 5.41) is 10.8. The molecule has 0 bridgehead atoms. The Hall–Kier alpha value is -1.68. The molecule has 2 saturated carbocycles. The van der Waals surface area contributed by atoms with E-state index in [-0.39, 0.29) is 23.4 Å². The van der Waals surface area contributed by atoms with Gasteiger partial charge in [-0.05, 0) is 56.7 Å². The Bertz CT molecular complexity index is 1090. The maximum Gasteiger partial charge on any atom is 0.417 e. The van der Waals surface area contributed by atoms with Gasteiger partial charge in [0, 0.05) is 17.7 Å². The number of ether oxygens (including phenoxy) is 2. The van der Waals surface area contributed by atoms with Crippen molar-refractivity contribution in [3.63, 3.8) is 0 Å². The number of benzene rings is 1. The largest absolute Gasteiger partial charge is 0.417 e. The van der Waals surface area contributed by atoms with Crippen molar-refractivity contribution in [1.29, 1.82) is 5.26 Å². The number of carbonyl (C=O) groups excluding carboxylic acids is 1. The van der Waals surface area contributed by atoms with E-state index in [2.05, 4.69) is 27.3 Å². The van der Waals surface area contributed by atoms with Crippen LogP contribution < -0.4 is 5.32 Å². The minimum Gasteiger partial charge on any atom is -0.381 e. The summed E-state index contributed by atoms with van der Waals surface area (Å²) in [6.07, 6.45) is -4.02. The monoisotopic (exact) mass is 564 g/mol. The molecule has 3 atom stereocenters. The van der Waals surface area contributed by atoms with Gasteiger partial charge in [-0.1, -0.05) is 15.9 Å². The number of halogens is 4. The summed E-state index contributed by atoms with van der Waals surface area (Å²) in [4.78, 5) is 12.2. The Kier molecular flexibility index (Phi) is 7.03. The van der Waals surface area contributed by atoms with E-state index in [0.29, 0.717) is 38.9 Å². The fraction of sp³-hybridized carbons (Fsp3) is 0.636. The van der Waals surface area contributed by atoms with Crippen LogP contribution in [0.5, 0.6) is 0 Å². The second kappa shape index (κ2) is 9.41. The predicted octanol–water partition coefficient (Wildman–Crippen LogP) is 3.76. The Balaban J connectivity index is 1.62. The molecule has 0 spiro atoms. The van der Waals surface area contributed by atoms with Crippen molar-refractivity contribution < 1.29 is 35.9 Å². The van der Waals surface area contributed by atoms with Crippen molar-refractivity contribution in [2.75, 3.05) is 13.2 Å². The minimum absolute atomic E-state index is 0.106. The van der Waals surface area contributed by atoms with Gasteiger partial charge in [0.05, 0.1) is 39.9 Å². The molecule has 0 radical (unpaired) electrons. The number of sulfone groups is 1. The maximum atomic E-state index is 13.7. The van der Waals surface area contributed by atoms with Gasteiger partial charge < -0.3 is 14.8 Å². The molecule has 1 heterocycles. The number of nitrogens with one attached hydrogen (secondary N) is 1. The third-order valence-electron chi connectivity index (χ3n) is 6.65. The highest BCUT2D eigenvalue weighted by molar-refractivity contribution is 9.10. The third kappa shape index (κ3) is 5.27. The Morgan fingerprint density at radius 3 is 2.50 bits per heavy atom. The minimum atomic E-state index is -4.87. The quantitative estimate of drug-likeness (QED) is 0.564. The number of nitrogens with zero attached hydrogens (tertiary/aromatic N) is 1. The van der Waals surface area contributed by atoms with Crippen LogP contribution in [0.25, 0.3) is 0 Å². The first-order valence-corrected chi connectivity index (χ1v) is 13.4. The van der Waals surface area contributed by atoms with Crippen molar-refractivity contribution in [3.05, 3.63) is 28.2 Å². The maximum absolute atomic E-state index is 13.7. The lowest BCUT2D eigenvalue weighted by Gasteiger charge is -2.28. The van der Waals surface area contributed by atoms with Crippen LogP contribution in [-0.2, 0) is 30.3 Å². The molecular formula is C22H24BrF3N2O5S. The highest BCUT2D eigenvalue weighted by Crippen LogP contribution is 2.43. The molecule has 1 unspecified atom stereocenters. The van der Waals surface area contributed by atoms with Crippen LogP contribution in [0.3, 0.4) is 0 Å². The molecule has 34 heavy (non-hydrogen) atoms. The number of rotatable bonds is 6. The SMILES string of the molecule is N#CC1(NC(=O)[C@@H]2CC(S(=O)(=O)c3ccc(Br)cc3C(F)(F)F)C[C@H]2OC2CCOCC2)CC1. The van der Waals surface area contributed by atoms with Gasteiger partial charge >= 0.3 is 6.18 Å². The van der Waals surface area contributed by atoms with E-state index in [1.54, 1.807) is 0 Å². The molecule has 7 nitrogen and oxygen atoms in total. The lowest BCUT2D eigenvalue weighted by molar-refractivity contribution is -0.140. The van der Waals surface area contributed by atoms with Crippen LogP contribution in [0, 0.1) is 17.2 Å². The molecule has 1 aromatic carbocycles. The number of alkyl halides is 3. The lowest BCUT2D eigenvalue weighted by Crippen LogP contribution is -2.43. The van der Waals surface area contributed by atoms with Gasteiger partial charge in [0.2, 0.25) is 5.91 Å². The summed E-state index contributed by atoms with van der Waals surface area (Å²) in [5.74, 6) is -1.39. The Labute approximate surface area is 204 Å². The fourth-order valence-electron chi connectivity index (χ4n) is 4.56. The molecule has 2 aliphatic carbocycles. The predicted molar refractivity (Wildman–Crippen MR) is 117 cm³/mol. The van der Waals surface area contributed by atoms with E-state index in [1.165, 1.54) is 6.07 Å². The molecule has 3 fully saturated rings. The molecule has 1 aliphatic heterocycles. The molecule has 12 heteroatoms. The van der Waals surface area contributed by atoms with E-state index in [0.717, 1.165) is 12.1 Å². The van der Waals surface area contributed by atoms with Gasteiger partial charge in [-0.15, -0.1) is 0 Å². The zero-order valence-electron chi connectivity index (χ0n) is 18.1. The first kappa shape index (κ1) is 25.4. The number of hydrogen-bond donors (Lipinski definition) is 1. The van der Waals surface area contributed by atoms with E-state index in [9.17, 15) is 31.6 Å². The molecule has 1 amide bonds. The van der Waals surface area contributed by atoms with Crippen molar-refractivity contribution in [2.45, 2.75) is 72.6 Å². The van der Waals surface area contributed by atoms with Crippen LogP contribution in [-0.4, -0.2) is 50.5 Å². The summed E-state index contributed by atoms with van der Waals surface area (Å²) in [6, 6.07) is 5.00. The van der Waals surface area contributed by atoms with Crippen LogP contribution >= 0.6 is 15.9 Å². The summed E-state index contributed by atoms with van der Waals surface area (Å²) >= 11 is 2.97. The smallest absolute Gasteiger partial charge is 0.381 e. The molecule has 1 N–H and O–H groups in total. The van der Waals surface area contributed by atoms with Crippen LogP contribution in [0.4, 0.5) is 13.2 Å². The third-order valence-corrected chi connectivity index (χ3v) is 9.38. The van der Waals surface area contributed by atoms with Gasteiger partial charge in [-0.3, -0.25) is 4.79 Å². The van der Waals surface area contributed by atoms with Crippen LogP contribution in [0.2, 0.25) is 0 Å². The second-order valence-corrected chi connectivity index (χ2v) is 12.2. The second-order valence-electron chi connectivity index (χ2n) is 9.05. The van der Waals surface area contributed by atoms with Gasteiger partial charge in [0.15, 0.2) is 9.84 Å². The molecule has 186 valence electrons. The van der Waals surface area contributed by atoms with E-state index in [4.69, 9.17) is 9.47 Å². The first-order chi connectivity index (χ1) is 15.9. The van der Waals surface area contributed by atoms with Crippen molar-refractivity contribution in [1.82, 2.24) is 5.32 Å². The van der Waals surface area contributed by atoms with Crippen molar-refractivity contribution in [3.8, 4) is 6.07 Å². The summed E-state index contributed by atoms with van der Waals surface area (Å²) in [7, 11) is -4.43. The summed E-state index contributed by atoms with van der Waals surface area (Å²) in [6.45, 7) is 0.947. The number of amides is 1. The van der Waals surface area contributed by atoms with E-state index in [1.807, 2.05) is 0 Å². The topological polar surface area (TPSA) is 105 Å². The van der Waals surface area contributed by atoms with Gasteiger partial charge in [0.25, 0.3) is 0 Å². The van der Waals surface area contributed by atoms with Gasteiger partial charge in [-0.25, -0.2) is 8.42 Å². The number of nitriles is 1. The molecule has 1 saturated heterocycles. The van der Waals surface area contributed by atoms with Gasteiger partial charge in [-0.2, -0.15) is 18.4 Å². The zero-order chi connectivity index (χ0) is 24.7.